The van der Waals surface area contributed by atoms with E-state index in [1.165, 1.54) is 12.1 Å². The van der Waals surface area contributed by atoms with Gasteiger partial charge in [0, 0.05) is 23.2 Å². The molecule has 0 amide bonds. The lowest BCUT2D eigenvalue weighted by atomic mass is 9.97. The fourth-order valence-corrected chi connectivity index (χ4v) is 5.71. The molecule has 1 unspecified atom stereocenters. The van der Waals surface area contributed by atoms with Crippen LogP contribution in [0.2, 0.25) is 0 Å². The molecule has 0 bridgehead atoms. The number of nitrogens with one attached hydrogen (secondary N) is 1. The molecule has 1 atom stereocenters. The molecule has 1 heterocycles. The van der Waals surface area contributed by atoms with Crippen LogP contribution in [0.5, 0.6) is 5.75 Å². The van der Waals surface area contributed by atoms with Crippen molar-refractivity contribution in [1.82, 2.24) is 0 Å². The zero-order valence-corrected chi connectivity index (χ0v) is 16.7. The molecule has 3 rings (SSSR count). The van der Waals surface area contributed by atoms with Gasteiger partial charge in [-0.15, -0.1) is 0 Å². The molecule has 2 aromatic rings. The standard InChI is InChI=1S/C18H21N2O5PS/c1-18(2)11-24-26(27,25-12-18)17(19-14-5-9-16(21)10-6-14)13-3-7-15(8-4-13)20(22)23/h3-10,17,19,21H,11-12H2,1-2H3. The van der Waals surface area contributed by atoms with Crippen LogP contribution in [-0.4, -0.2) is 23.2 Å². The molecule has 1 saturated heterocycles. The fraction of sp³-hybridized carbons (Fsp3) is 0.333. The van der Waals surface area contributed by atoms with Gasteiger partial charge in [0.1, 0.15) is 11.5 Å². The van der Waals surface area contributed by atoms with E-state index in [1.54, 1.807) is 36.4 Å². The van der Waals surface area contributed by atoms with E-state index in [4.69, 9.17) is 20.9 Å². The number of nitrogens with zero attached hydrogens (tertiary/aromatic N) is 1. The number of anilines is 1. The minimum Gasteiger partial charge on any atom is -0.508 e. The fourth-order valence-electron chi connectivity index (χ4n) is 2.60. The maximum absolute atomic E-state index is 10.9. The van der Waals surface area contributed by atoms with E-state index in [0.29, 0.717) is 13.2 Å². The number of benzene rings is 2. The number of phenolic OH excluding ortho intramolecular Hbond substituents is 1. The number of rotatable bonds is 5. The van der Waals surface area contributed by atoms with Crippen LogP contribution in [0.1, 0.15) is 25.2 Å². The first-order valence-corrected chi connectivity index (χ1v) is 11.1. The summed E-state index contributed by atoms with van der Waals surface area (Å²) >= 11 is 5.79. The smallest absolute Gasteiger partial charge is 0.269 e. The number of nitro groups is 1. The molecule has 2 aromatic carbocycles. The molecule has 0 spiro atoms. The van der Waals surface area contributed by atoms with Crippen LogP contribution in [0.15, 0.2) is 48.5 Å². The van der Waals surface area contributed by atoms with Crippen molar-refractivity contribution in [1.29, 1.82) is 0 Å². The predicted octanol–water partition coefficient (Wildman–Crippen LogP) is 4.79. The van der Waals surface area contributed by atoms with Crippen molar-refractivity contribution in [2.75, 3.05) is 18.5 Å². The van der Waals surface area contributed by atoms with Gasteiger partial charge in [0.05, 0.1) is 18.1 Å². The van der Waals surface area contributed by atoms with E-state index in [-0.39, 0.29) is 16.9 Å². The first-order chi connectivity index (χ1) is 12.7. The number of nitro benzene ring substituents is 1. The molecule has 9 heteroatoms. The number of hydrogen-bond acceptors (Lipinski definition) is 7. The molecule has 0 radical (unpaired) electrons. The lowest BCUT2D eigenvalue weighted by molar-refractivity contribution is -0.384. The minimum absolute atomic E-state index is 0.00509. The molecular weight excluding hydrogens is 387 g/mol. The summed E-state index contributed by atoms with van der Waals surface area (Å²) in [6.07, 6.45) is 0. The molecule has 1 fully saturated rings. The molecule has 7 nitrogen and oxygen atoms in total. The molecule has 0 aromatic heterocycles. The Labute approximate surface area is 162 Å². The average molecular weight is 408 g/mol. The van der Waals surface area contributed by atoms with Gasteiger partial charge in [-0.25, -0.2) is 0 Å². The minimum atomic E-state index is -2.75. The Kier molecular flexibility index (Phi) is 5.53. The number of hydrogen-bond donors (Lipinski definition) is 2. The molecule has 27 heavy (non-hydrogen) atoms. The van der Waals surface area contributed by atoms with Crippen molar-refractivity contribution in [3.8, 4) is 5.75 Å². The Morgan fingerprint density at radius 2 is 1.70 bits per heavy atom. The van der Waals surface area contributed by atoms with Crippen LogP contribution in [0, 0.1) is 15.5 Å². The topological polar surface area (TPSA) is 93.9 Å². The highest BCUT2D eigenvalue weighted by Crippen LogP contribution is 2.64. The van der Waals surface area contributed by atoms with E-state index < -0.39 is 17.2 Å². The van der Waals surface area contributed by atoms with Gasteiger partial charge in [-0.05, 0) is 53.8 Å². The van der Waals surface area contributed by atoms with Crippen LogP contribution in [-0.2, 0) is 20.9 Å². The lowest BCUT2D eigenvalue weighted by Crippen LogP contribution is -2.31. The highest BCUT2D eigenvalue weighted by Gasteiger charge is 2.40. The Morgan fingerprint density at radius 3 is 2.22 bits per heavy atom. The van der Waals surface area contributed by atoms with Crippen molar-refractivity contribution in [3.63, 3.8) is 0 Å². The number of non-ortho nitro benzene ring substituents is 1. The molecule has 1 aliphatic heterocycles. The van der Waals surface area contributed by atoms with Crippen LogP contribution in [0.25, 0.3) is 0 Å². The van der Waals surface area contributed by atoms with Crippen molar-refractivity contribution >= 4 is 29.7 Å². The van der Waals surface area contributed by atoms with Gasteiger partial charge in [0.25, 0.3) is 5.69 Å². The van der Waals surface area contributed by atoms with Gasteiger partial charge in [-0.2, -0.15) is 0 Å². The third kappa shape index (κ3) is 4.65. The lowest BCUT2D eigenvalue weighted by Gasteiger charge is -2.40. The van der Waals surface area contributed by atoms with Crippen molar-refractivity contribution in [3.05, 3.63) is 64.2 Å². The summed E-state index contributed by atoms with van der Waals surface area (Å²) in [7, 11) is 0. The molecule has 0 saturated carbocycles. The van der Waals surface area contributed by atoms with Crippen LogP contribution >= 0.6 is 6.49 Å². The molecule has 2 N–H and O–H groups in total. The van der Waals surface area contributed by atoms with Gasteiger partial charge >= 0.3 is 0 Å². The van der Waals surface area contributed by atoms with Gasteiger partial charge in [-0.3, -0.25) is 10.1 Å². The van der Waals surface area contributed by atoms with Crippen LogP contribution in [0.4, 0.5) is 11.4 Å². The number of aromatic hydroxyl groups is 1. The van der Waals surface area contributed by atoms with E-state index in [9.17, 15) is 15.2 Å². The summed E-state index contributed by atoms with van der Waals surface area (Å²) in [6, 6.07) is 12.8. The molecular formula is C18H21N2O5PS. The van der Waals surface area contributed by atoms with Gasteiger partial charge in [0.2, 0.25) is 6.49 Å². The third-order valence-electron chi connectivity index (χ3n) is 4.18. The molecule has 144 valence electrons. The zero-order chi connectivity index (χ0) is 19.7. The maximum Gasteiger partial charge on any atom is 0.269 e. The highest BCUT2D eigenvalue weighted by molar-refractivity contribution is 8.10. The zero-order valence-electron chi connectivity index (χ0n) is 15.0. The van der Waals surface area contributed by atoms with E-state index >= 15 is 0 Å². The second-order valence-corrected chi connectivity index (χ2v) is 10.8. The normalized spacial score (nSPS) is 19.2. The highest BCUT2D eigenvalue weighted by atomic mass is 32.5. The largest absolute Gasteiger partial charge is 0.508 e. The van der Waals surface area contributed by atoms with Crippen molar-refractivity contribution in [2.24, 2.45) is 5.41 Å². The monoisotopic (exact) mass is 408 g/mol. The van der Waals surface area contributed by atoms with E-state index in [0.717, 1.165) is 11.3 Å². The summed E-state index contributed by atoms with van der Waals surface area (Å²) in [4.78, 5) is 10.5. The Bertz CT molecular complexity index is 856. The predicted molar refractivity (Wildman–Crippen MR) is 108 cm³/mol. The second kappa shape index (κ2) is 7.56. The first-order valence-electron chi connectivity index (χ1n) is 8.37. The van der Waals surface area contributed by atoms with Crippen LogP contribution < -0.4 is 5.32 Å². The Balaban J connectivity index is 1.94. The summed E-state index contributed by atoms with van der Waals surface area (Å²) < 4.78 is 12.1. The summed E-state index contributed by atoms with van der Waals surface area (Å²) in [5.41, 5.74) is 1.36. The summed E-state index contributed by atoms with van der Waals surface area (Å²) in [6.45, 7) is 2.29. The van der Waals surface area contributed by atoms with Crippen molar-refractivity contribution in [2.45, 2.75) is 19.6 Å². The maximum atomic E-state index is 10.9. The van der Waals surface area contributed by atoms with E-state index in [1.807, 2.05) is 13.8 Å². The van der Waals surface area contributed by atoms with Gasteiger partial charge < -0.3 is 19.5 Å². The average Bonchev–Trinajstić information content (AvgIpc) is 2.64. The Hall–Kier alpha value is -1.99. The second-order valence-electron chi connectivity index (χ2n) is 7.19. The van der Waals surface area contributed by atoms with Gasteiger partial charge in [-0.1, -0.05) is 13.8 Å². The summed E-state index contributed by atoms with van der Waals surface area (Å²) in [5.74, 6) is -0.323. The van der Waals surface area contributed by atoms with Gasteiger partial charge in [0.15, 0.2) is 0 Å². The first kappa shape index (κ1) is 19.8. The van der Waals surface area contributed by atoms with Crippen molar-refractivity contribution < 1.29 is 19.1 Å². The summed E-state index contributed by atoms with van der Waals surface area (Å²) in [5, 5.41) is 23.8. The quantitative estimate of drug-likeness (QED) is 0.318. The molecule has 1 aliphatic rings. The Morgan fingerprint density at radius 1 is 1.15 bits per heavy atom. The van der Waals surface area contributed by atoms with E-state index in [2.05, 4.69) is 5.32 Å². The third-order valence-corrected chi connectivity index (χ3v) is 7.48. The SMILES string of the molecule is CC1(C)COP(=S)(C(Nc2ccc(O)cc2)c2ccc([N+](=O)[O-])cc2)OC1. The number of phenols is 1. The molecule has 0 aliphatic carbocycles. The van der Waals surface area contributed by atoms with Crippen LogP contribution in [0.3, 0.4) is 0 Å².